The summed E-state index contributed by atoms with van der Waals surface area (Å²) in [6.07, 6.45) is 1.000. The van der Waals surface area contributed by atoms with Crippen LogP contribution in [0.25, 0.3) is 0 Å². The third-order valence-corrected chi connectivity index (χ3v) is 3.45. The minimum atomic E-state index is -0.963. The quantitative estimate of drug-likeness (QED) is 0.223. The predicted octanol–water partition coefficient (Wildman–Crippen LogP) is -1.31. The molecule has 0 aliphatic heterocycles. The van der Waals surface area contributed by atoms with E-state index in [9.17, 15) is 59.4 Å². The molecule has 43 heavy (non-hydrogen) atoms. The third kappa shape index (κ3) is 120. The molecule has 0 spiro atoms. The molecule has 12 nitrogen and oxygen atoms in total. The van der Waals surface area contributed by atoms with Crippen molar-refractivity contribution in [2.45, 2.75) is 122 Å². The molecule has 0 aliphatic carbocycles. The first-order valence-electron chi connectivity index (χ1n) is 13.9. The molecule has 0 saturated carbocycles. The number of carboxylic acids is 6. The van der Waals surface area contributed by atoms with Gasteiger partial charge in [0.1, 0.15) is 0 Å². The van der Waals surface area contributed by atoms with Crippen LogP contribution in [0.5, 0.6) is 0 Å². The van der Waals surface area contributed by atoms with E-state index in [1.54, 1.807) is 0 Å². The van der Waals surface area contributed by atoms with Crippen molar-refractivity contribution in [2.75, 3.05) is 0 Å². The van der Waals surface area contributed by atoms with E-state index in [1.807, 2.05) is 83.1 Å². The van der Waals surface area contributed by atoms with E-state index in [4.69, 9.17) is 0 Å². The maximum absolute atomic E-state index is 9.70. The fourth-order valence-corrected chi connectivity index (χ4v) is 2.00. The molecule has 0 unspecified atom stereocenters. The van der Waals surface area contributed by atoms with Crippen LogP contribution in [0.4, 0.5) is 0 Å². The van der Waals surface area contributed by atoms with Crippen molar-refractivity contribution in [3.05, 3.63) is 0 Å². The molecule has 13 heteroatoms. The summed E-state index contributed by atoms with van der Waals surface area (Å²) >= 11 is 0. The minimum Gasteiger partial charge on any atom is -0.550 e. The Balaban J connectivity index is -0.0000000720. The zero-order valence-corrected chi connectivity index (χ0v) is 32.3. The van der Waals surface area contributed by atoms with Crippen molar-refractivity contribution in [3.8, 4) is 0 Å². The van der Waals surface area contributed by atoms with Gasteiger partial charge in [-0.3, -0.25) is 0 Å². The van der Waals surface area contributed by atoms with Gasteiger partial charge in [-0.2, -0.15) is 0 Å². The van der Waals surface area contributed by atoms with Gasteiger partial charge in [0.25, 0.3) is 0 Å². The van der Waals surface area contributed by atoms with E-state index < -0.39 is 35.8 Å². The number of hydrogen-bond donors (Lipinski definition) is 0. The first-order chi connectivity index (χ1) is 18.8. The summed E-state index contributed by atoms with van der Waals surface area (Å²) in [6.45, 7) is 22.1. The number of carbonyl (C=O) groups excluding carboxylic acids is 6. The summed E-state index contributed by atoms with van der Waals surface area (Å²) in [5.74, 6) is -4.50. The van der Waals surface area contributed by atoms with Crippen LogP contribution in [0.1, 0.15) is 122 Å². The summed E-state index contributed by atoms with van der Waals surface area (Å²) < 4.78 is 0. The summed E-state index contributed by atoms with van der Waals surface area (Å²) in [7, 11) is 0. The van der Waals surface area contributed by atoms with Gasteiger partial charge in [-0.05, 0) is 74.0 Å². The first-order valence-corrected chi connectivity index (χ1v) is 13.9. The van der Waals surface area contributed by atoms with Crippen LogP contribution in [-0.4, -0.2) is 35.8 Å². The Hall–Kier alpha value is -2.13. The summed E-state index contributed by atoms with van der Waals surface area (Å²) in [4.78, 5) is 58.2. The van der Waals surface area contributed by atoms with Gasteiger partial charge in [0, 0.05) is 35.8 Å². The molecule has 0 bridgehead atoms. The van der Waals surface area contributed by atoms with Crippen LogP contribution in [-0.2, 0) is 28.8 Å². The average Bonchev–Trinajstić information content (AvgIpc) is 2.63. The summed E-state index contributed by atoms with van der Waals surface area (Å²) in [5, 5.41) is 58.2. The van der Waals surface area contributed by atoms with E-state index >= 15 is 0 Å². The van der Waals surface area contributed by atoms with E-state index in [0.717, 1.165) is 0 Å². The van der Waals surface area contributed by atoms with Gasteiger partial charge >= 0.3 is 31.1 Å². The smallest absolute Gasteiger partial charge is 0.550 e. The Morgan fingerprint density at radius 2 is 0.372 bits per heavy atom. The van der Waals surface area contributed by atoms with Crippen LogP contribution < -0.4 is 30.6 Å². The maximum Gasteiger partial charge on any atom is 6.00 e. The van der Waals surface area contributed by atoms with Gasteiger partial charge in [-0.15, -0.1) is 0 Å². The minimum absolute atomic E-state index is 0. The molecule has 0 radical (unpaired) electrons. The van der Waals surface area contributed by atoms with E-state index in [2.05, 4.69) is 0 Å². The van der Waals surface area contributed by atoms with Crippen molar-refractivity contribution >= 4 is 35.8 Å². The maximum atomic E-state index is 9.70. The second-order valence-corrected chi connectivity index (χ2v) is 11.8. The molecule has 0 N–H and O–H groups in total. The Morgan fingerprint density at radius 3 is 0.372 bits per heavy atom. The molecule has 0 saturated heterocycles. The Bertz CT molecular complexity index is 561. The molecule has 0 amide bonds. The van der Waals surface area contributed by atoms with Crippen molar-refractivity contribution in [1.82, 2.24) is 0 Å². The number of hydrogen-bond acceptors (Lipinski definition) is 12. The predicted molar refractivity (Wildman–Crippen MR) is 147 cm³/mol. The molecule has 0 aromatic carbocycles. The molecular weight excluding hydrogens is 790 g/mol. The Kier molecular flexibility index (Phi) is 49.9. The number of rotatable bonds is 12. The molecule has 0 atom stereocenters. The van der Waals surface area contributed by atoms with Gasteiger partial charge in [0.05, 0.1) is 0 Å². The van der Waals surface area contributed by atoms with Crippen LogP contribution >= 0.6 is 0 Å². The van der Waals surface area contributed by atoms with Crippen LogP contribution in [0.15, 0.2) is 0 Å². The number of carboxylic acid groups (broad SMARTS) is 6. The monoisotopic (exact) mass is 844 g/mol. The summed E-state index contributed by atoms with van der Waals surface area (Å²) in [5.41, 5.74) is 0. The molecular formula is C30H54O12U. The molecule has 0 rings (SSSR count). The standard InChI is InChI=1S/6C5H10O2.U/c6*1-4(2)3-5(6)7;/h6*4H,3H2,1-2H3,(H,6,7);/q;;;;;;+6/p-6. The molecule has 0 heterocycles. The molecule has 250 valence electrons. The van der Waals surface area contributed by atoms with Gasteiger partial charge in [-0.1, -0.05) is 83.1 Å². The second-order valence-electron chi connectivity index (χ2n) is 11.8. The average molecular weight is 845 g/mol. The van der Waals surface area contributed by atoms with Crippen molar-refractivity contribution in [3.63, 3.8) is 0 Å². The fraction of sp³-hybridized carbons (Fsp3) is 0.800. The van der Waals surface area contributed by atoms with E-state index in [-0.39, 0.29) is 105 Å². The fourth-order valence-electron chi connectivity index (χ4n) is 2.00. The second kappa shape index (κ2) is 37.9. The van der Waals surface area contributed by atoms with Gasteiger partial charge in [-0.25, -0.2) is 0 Å². The number of carbonyl (C=O) groups is 6. The Labute approximate surface area is 282 Å². The van der Waals surface area contributed by atoms with Gasteiger partial charge in [0.2, 0.25) is 0 Å². The van der Waals surface area contributed by atoms with Gasteiger partial charge < -0.3 is 59.4 Å². The van der Waals surface area contributed by atoms with Crippen molar-refractivity contribution in [2.24, 2.45) is 35.5 Å². The SMILES string of the molecule is CC(C)CC(=O)[O-].CC(C)CC(=O)[O-].CC(C)CC(=O)[O-].CC(C)CC(=O)[O-].CC(C)CC(=O)[O-].CC(C)CC(=O)[O-].[U+6]. The molecule has 0 aromatic heterocycles. The molecule has 0 aromatic rings. The topological polar surface area (TPSA) is 241 Å². The van der Waals surface area contributed by atoms with Crippen molar-refractivity contribution < 1.29 is 90.5 Å². The molecule has 0 aliphatic rings. The van der Waals surface area contributed by atoms with E-state index in [0.29, 0.717) is 0 Å². The summed E-state index contributed by atoms with van der Waals surface area (Å²) in [6, 6.07) is 0. The van der Waals surface area contributed by atoms with Crippen molar-refractivity contribution in [1.29, 1.82) is 0 Å². The van der Waals surface area contributed by atoms with Crippen LogP contribution in [0.3, 0.4) is 0 Å². The first kappa shape index (κ1) is 56.6. The third-order valence-electron chi connectivity index (χ3n) is 3.45. The normalized spacial score (nSPS) is 9.35. The van der Waals surface area contributed by atoms with Crippen LogP contribution in [0.2, 0.25) is 0 Å². The largest absolute Gasteiger partial charge is 6.00 e. The van der Waals surface area contributed by atoms with Crippen LogP contribution in [0, 0.1) is 66.6 Å². The molecule has 0 fully saturated rings. The van der Waals surface area contributed by atoms with E-state index in [1.165, 1.54) is 0 Å². The zero-order valence-electron chi connectivity index (χ0n) is 28.1. The zero-order chi connectivity index (χ0) is 35.2. The Morgan fingerprint density at radius 1 is 0.302 bits per heavy atom. The number of aliphatic carboxylic acids is 6. The van der Waals surface area contributed by atoms with Gasteiger partial charge in [0.15, 0.2) is 0 Å².